The first kappa shape index (κ1) is 14.3. The molecule has 1 nitrogen and oxygen atoms in total. The van der Waals surface area contributed by atoms with Gasteiger partial charge in [-0.05, 0) is 24.0 Å². The van der Waals surface area contributed by atoms with Crippen LogP contribution in [0, 0.1) is 0 Å². The van der Waals surface area contributed by atoms with Crippen LogP contribution in [0.1, 0.15) is 29.9 Å². The average Bonchev–Trinajstić information content (AvgIpc) is 2.52. The number of hydrogen-bond acceptors (Lipinski definition) is 1. The third-order valence-corrected chi connectivity index (χ3v) is 3.50. The summed E-state index contributed by atoms with van der Waals surface area (Å²) in [5.41, 5.74) is 2.30. The summed E-state index contributed by atoms with van der Waals surface area (Å²) in [6.07, 6.45) is 3.92. The average molecular weight is 264 g/mol. The molecule has 0 saturated heterocycles. The first-order valence-electron chi connectivity index (χ1n) is 7.03. The van der Waals surface area contributed by atoms with Crippen molar-refractivity contribution in [3.8, 4) is 0 Å². The van der Waals surface area contributed by atoms with Crippen molar-refractivity contribution in [3.05, 3.63) is 84.4 Å². The predicted octanol–water partition coefficient (Wildman–Crippen LogP) is 4.55. The topological polar surface area (TPSA) is 17.1 Å². The number of carbonyl (C=O) groups excluding carboxylic acids is 1. The van der Waals surface area contributed by atoms with Gasteiger partial charge in [0.25, 0.3) is 0 Å². The number of hydrogen-bond donors (Lipinski definition) is 0. The molecule has 0 fully saturated rings. The molecule has 0 spiro atoms. The maximum Gasteiger partial charge on any atom is 0.140 e. The van der Waals surface area contributed by atoms with E-state index in [9.17, 15) is 4.79 Å². The first-order chi connectivity index (χ1) is 9.81. The molecular formula is C19H20O. The van der Waals surface area contributed by atoms with Gasteiger partial charge in [0, 0.05) is 12.3 Å². The number of Topliss-reactive ketones (excluding diaryl/α,β-unsaturated/α-hetero) is 1. The predicted molar refractivity (Wildman–Crippen MR) is 83.8 cm³/mol. The fourth-order valence-electron chi connectivity index (χ4n) is 2.39. The van der Waals surface area contributed by atoms with Crippen molar-refractivity contribution in [2.75, 3.05) is 0 Å². The molecule has 1 heteroatoms. The van der Waals surface area contributed by atoms with Crippen molar-refractivity contribution in [2.45, 2.75) is 25.2 Å². The van der Waals surface area contributed by atoms with Gasteiger partial charge in [-0.3, -0.25) is 4.79 Å². The SMILES string of the molecule is C=CCC(C(=O)CCc1ccccc1)c1ccccc1. The fourth-order valence-corrected chi connectivity index (χ4v) is 2.39. The molecular weight excluding hydrogens is 244 g/mol. The zero-order chi connectivity index (χ0) is 14.2. The van der Waals surface area contributed by atoms with Crippen LogP contribution < -0.4 is 0 Å². The molecule has 102 valence electrons. The molecule has 1 atom stereocenters. The summed E-state index contributed by atoms with van der Waals surface area (Å²) in [5.74, 6) is 0.234. The molecule has 0 N–H and O–H groups in total. The van der Waals surface area contributed by atoms with Crippen LogP contribution in [-0.2, 0) is 11.2 Å². The molecule has 2 aromatic rings. The molecule has 0 radical (unpaired) electrons. The number of allylic oxidation sites excluding steroid dienone is 1. The second kappa shape index (κ2) is 7.44. The van der Waals surface area contributed by atoms with Crippen LogP contribution >= 0.6 is 0 Å². The Hall–Kier alpha value is -2.15. The van der Waals surface area contributed by atoms with E-state index in [0.717, 1.165) is 12.0 Å². The van der Waals surface area contributed by atoms with E-state index in [1.54, 1.807) is 0 Å². The summed E-state index contributed by atoms with van der Waals surface area (Å²) in [4.78, 5) is 12.5. The van der Waals surface area contributed by atoms with Crippen molar-refractivity contribution in [1.29, 1.82) is 0 Å². The molecule has 0 aliphatic rings. The maximum absolute atomic E-state index is 12.5. The molecule has 0 aromatic heterocycles. The Morgan fingerprint density at radius 3 is 2.20 bits per heavy atom. The van der Waals surface area contributed by atoms with Crippen LogP contribution in [0.4, 0.5) is 0 Å². The van der Waals surface area contributed by atoms with E-state index in [1.165, 1.54) is 5.56 Å². The molecule has 0 aliphatic heterocycles. The smallest absolute Gasteiger partial charge is 0.140 e. The van der Waals surface area contributed by atoms with Crippen LogP contribution in [0.25, 0.3) is 0 Å². The normalized spacial score (nSPS) is 11.8. The minimum absolute atomic E-state index is 0.0580. The summed E-state index contributed by atoms with van der Waals surface area (Å²) >= 11 is 0. The number of ketones is 1. The molecule has 0 heterocycles. The Morgan fingerprint density at radius 1 is 1.00 bits per heavy atom. The van der Waals surface area contributed by atoms with Crippen molar-refractivity contribution < 1.29 is 4.79 Å². The van der Waals surface area contributed by atoms with E-state index in [0.29, 0.717) is 18.6 Å². The van der Waals surface area contributed by atoms with Gasteiger partial charge in [0.05, 0.1) is 0 Å². The highest BCUT2D eigenvalue weighted by atomic mass is 16.1. The van der Waals surface area contributed by atoms with Crippen molar-refractivity contribution in [2.24, 2.45) is 0 Å². The highest BCUT2D eigenvalue weighted by Crippen LogP contribution is 2.23. The summed E-state index contributed by atoms with van der Waals surface area (Å²) in [6.45, 7) is 3.77. The second-order valence-electron chi connectivity index (χ2n) is 4.94. The zero-order valence-electron chi connectivity index (χ0n) is 11.7. The van der Waals surface area contributed by atoms with E-state index in [1.807, 2.05) is 54.6 Å². The number of benzene rings is 2. The minimum atomic E-state index is -0.0580. The highest BCUT2D eigenvalue weighted by molar-refractivity contribution is 5.86. The largest absolute Gasteiger partial charge is 0.299 e. The van der Waals surface area contributed by atoms with Gasteiger partial charge >= 0.3 is 0 Å². The Morgan fingerprint density at radius 2 is 1.60 bits per heavy atom. The lowest BCUT2D eigenvalue weighted by Gasteiger charge is -2.14. The molecule has 0 bridgehead atoms. The van der Waals surface area contributed by atoms with Gasteiger partial charge < -0.3 is 0 Å². The van der Waals surface area contributed by atoms with Gasteiger partial charge in [-0.2, -0.15) is 0 Å². The van der Waals surface area contributed by atoms with Crippen LogP contribution in [0.2, 0.25) is 0 Å². The summed E-state index contributed by atoms with van der Waals surface area (Å²) in [6, 6.07) is 20.1. The third kappa shape index (κ3) is 3.92. The molecule has 0 saturated carbocycles. The Balaban J connectivity index is 2.02. The lowest BCUT2D eigenvalue weighted by molar-refractivity contribution is -0.120. The maximum atomic E-state index is 12.5. The lowest BCUT2D eigenvalue weighted by atomic mass is 9.89. The van der Waals surface area contributed by atoms with Crippen molar-refractivity contribution in [3.63, 3.8) is 0 Å². The quantitative estimate of drug-likeness (QED) is 0.671. The number of rotatable bonds is 7. The van der Waals surface area contributed by atoms with E-state index < -0.39 is 0 Å². The molecule has 2 rings (SSSR count). The van der Waals surface area contributed by atoms with Gasteiger partial charge in [0.2, 0.25) is 0 Å². The van der Waals surface area contributed by atoms with Crippen LogP contribution in [0.5, 0.6) is 0 Å². The summed E-state index contributed by atoms with van der Waals surface area (Å²) < 4.78 is 0. The Kier molecular flexibility index (Phi) is 5.31. The molecule has 1 unspecified atom stereocenters. The first-order valence-corrected chi connectivity index (χ1v) is 7.03. The summed E-state index contributed by atoms with van der Waals surface area (Å²) in [7, 11) is 0. The standard InChI is InChI=1S/C19H20O/c1-2-9-18(17-12-7-4-8-13-17)19(20)15-14-16-10-5-3-6-11-16/h2-8,10-13,18H,1,9,14-15H2. The Labute approximate surface area is 121 Å². The molecule has 0 amide bonds. The highest BCUT2D eigenvalue weighted by Gasteiger charge is 2.18. The molecule has 2 aromatic carbocycles. The van der Waals surface area contributed by atoms with E-state index in [2.05, 4.69) is 18.7 Å². The fraction of sp³-hybridized carbons (Fsp3) is 0.211. The molecule has 20 heavy (non-hydrogen) atoms. The van der Waals surface area contributed by atoms with Gasteiger partial charge in [0.15, 0.2) is 0 Å². The monoisotopic (exact) mass is 264 g/mol. The van der Waals surface area contributed by atoms with Gasteiger partial charge in [-0.25, -0.2) is 0 Å². The van der Waals surface area contributed by atoms with Crippen LogP contribution in [0.15, 0.2) is 73.3 Å². The van der Waals surface area contributed by atoms with Crippen LogP contribution in [0.3, 0.4) is 0 Å². The summed E-state index contributed by atoms with van der Waals surface area (Å²) in [5, 5.41) is 0. The van der Waals surface area contributed by atoms with E-state index >= 15 is 0 Å². The van der Waals surface area contributed by atoms with Gasteiger partial charge in [-0.1, -0.05) is 66.7 Å². The van der Waals surface area contributed by atoms with Crippen LogP contribution in [-0.4, -0.2) is 5.78 Å². The Bertz CT molecular complexity index is 542. The number of aryl methyl sites for hydroxylation is 1. The zero-order valence-corrected chi connectivity index (χ0v) is 11.7. The van der Waals surface area contributed by atoms with Crippen molar-refractivity contribution >= 4 is 5.78 Å². The second-order valence-corrected chi connectivity index (χ2v) is 4.94. The van der Waals surface area contributed by atoms with Gasteiger partial charge in [-0.15, -0.1) is 6.58 Å². The van der Waals surface area contributed by atoms with E-state index in [-0.39, 0.29) is 5.92 Å². The number of carbonyl (C=O) groups is 1. The lowest BCUT2D eigenvalue weighted by Crippen LogP contribution is -2.12. The van der Waals surface area contributed by atoms with E-state index in [4.69, 9.17) is 0 Å². The minimum Gasteiger partial charge on any atom is -0.299 e. The van der Waals surface area contributed by atoms with Crippen molar-refractivity contribution in [1.82, 2.24) is 0 Å². The third-order valence-electron chi connectivity index (χ3n) is 3.50. The van der Waals surface area contributed by atoms with Gasteiger partial charge in [0.1, 0.15) is 5.78 Å². The molecule has 0 aliphatic carbocycles.